The summed E-state index contributed by atoms with van der Waals surface area (Å²) in [7, 11) is 1.71. The van der Waals surface area contributed by atoms with Crippen LogP contribution in [0.15, 0.2) is 12.1 Å². The summed E-state index contributed by atoms with van der Waals surface area (Å²) >= 11 is 7.26. The van der Waals surface area contributed by atoms with Gasteiger partial charge in [-0.05, 0) is 19.2 Å². The second kappa shape index (κ2) is 6.01. The van der Waals surface area contributed by atoms with Crippen molar-refractivity contribution in [3.8, 4) is 0 Å². The average Bonchev–Trinajstić information content (AvgIpc) is 2.52. The SMILES string of the molecule is CNCC(=O)OCCc1ccc(Cl)s1. The third kappa shape index (κ3) is 4.09. The predicted octanol–water partition coefficient (Wildman–Crippen LogP) is 1.71. The van der Waals surface area contributed by atoms with Crippen LogP contribution in [0.3, 0.4) is 0 Å². The van der Waals surface area contributed by atoms with Crippen LogP contribution in [0.2, 0.25) is 4.34 Å². The summed E-state index contributed by atoms with van der Waals surface area (Å²) in [6.45, 7) is 0.669. The van der Waals surface area contributed by atoms with Gasteiger partial charge in [0.15, 0.2) is 0 Å². The second-order valence-corrected chi connectivity index (χ2v) is 4.51. The van der Waals surface area contributed by atoms with Gasteiger partial charge in [0, 0.05) is 11.3 Å². The Bertz CT molecular complexity index is 301. The number of carbonyl (C=O) groups is 1. The molecule has 0 fully saturated rings. The summed E-state index contributed by atoms with van der Waals surface area (Å²) < 4.78 is 5.72. The topological polar surface area (TPSA) is 38.3 Å². The Balaban J connectivity index is 2.18. The van der Waals surface area contributed by atoms with Crippen LogP contribution in [0.25, 0.3) is 0 Å². The molecule has 5 heteroatoms. The zero-order valence-corrected chi connectivity index (χ0v) is 9.45. The highest BCUT2D eigenvalue weighted by atomic mass is 35.5. The molecule has 14 heavy (non-hydrogen) atoms. The van der Waals surface area contributed by atoms with E-state index in [-0.39, 0.29) is 12.5 Å². The Hall–Kier alpha value is -0.580. The summed E-state index contributed by atoms with van der Waals surface area (Å²) in [4.78, 5) is 12.1. The lowest BCUT2D eigenvalue weighted by Gasteiger charge is -2.02. The Labute approximate surface area is 92.0 Å². The molecule has 1 aromatic rings. The number of nitrogens with one attached hydrogen (secondary N) is 1. The Morgan fingerprint density at radius 1 is 1.64 bits per heavy atom. The fourth-order valence-electron chi connectivity index (χ4n) is 0.947. The number of hydrogen-bond acceptors (Lipinski definition) is 4. The average molecular weight is 234 g/mol. The minimum absolute atomic E-state index is 0.227. The van der Waals surface area contributed by atoms with Gasteiger partial charge in [-0.15, -0.1) is 11.3 Å². The molecule has 3 nitrogen and oxygen atoms in total. The van der Waals surface area contributed by atoms with E-state index >= 15 is 0 Å². The van der Waals surface area contributed by atoms with Crippen LogP contribution in [-0.4, -0.2) is 26.2 Å². The first-order valence-electron chi connectivity index (χ1n) is 4.27. The molecule has 0 saturated carbocycles. The van der Waals surface area contributed by atoms with E-state index in [1.807, 2.05) is 12.1 Å². The molecular weight excluding hydrogens is 222 g/mol. The number of likely N-dealkylation sites (N-methyl/N-ethyl adjacent to an activating group) is 1. The number of carbonyl (C=O) groups excluding carboxylic acids is 1. The third-order valence-electron chi connectivity index (χ3n) is 1.56. The van der Waals surface area contributed by atoms with Crippen molar-refractivity contribution < 1.29 is 9.53 Å². The number of hydrogen-bond donors (Lipinski definition) is 1. The summed E-state index contributed by atoms with van der Waals surface area (Å²) in [5, 5.41) is 2.73. The first-order valence-corrected chi connectivity index (χ1v) is 5.46. The molecule has 0 aromatic carbocycles. The van der Waals surface area contributed by atoms with E-state index in [1.165, 1.54) is 11.3 Å². The molecule has 78 valence electrons. The lowest BCUT2D eigenvalue weighted by atomic mass is 10.4. The summed E-state index contributed by atoms with van der Waals surface area (Å²) in [5.74, 6) is -0.227. The lowest BCUT2D eigenvalue weighted by molar-refractivity contribution is -0.142. The van der Waals surface area contributed by atoms with Gasteiger partial charge in [0.2, 0.25) is 0 Å². The number of ether oxygens (including phenoxy) is 1. The summed E-state index contributed by atoms with van der Waals surface area (Å²) in [6.07, 6.45) is 0.729. The Kier molecular flexibility index (Phi) is 4.93. The molecule has 0 atom stereocenters. The fraction of sp³-hybridized carbons (Fsp3) is 0.444. The van der Waals surface area contributed by atoms with Crippen LogP contribution in [0.5, 0.6) is 0 Å². The highest BCUT2D eigenvalue weighted by molar-refractivity contribution is 7.16. The van der Waals surface area contributed by atoms with E-state index in [0.29, 0.717) is 6.61 Å². The summed E-state index contributed by atoms with van der Waals surface area (Å²) in [5.41, 5.74) is 0. The standard InChI is InChI=1S/C9H12ClNO2S/c1-11-6-9(12)13-5-4-7-2-3-8(10)14-7/h2-3,11H,4-6H2,1H3. The quantitative estimate of drug-likeness (QED) is 0.787. The second-order valence-electron chi connectivity index (χ2n) is 2.71. The summed E-state index contributed by atoms with van der Waals surface area (Å²) in [6, 6.07) is 3.79. The number of esters is 1. The Morgan fingerprint density at radius 3 is 3.00 bits per heavy atom. The van der Waals surface area contributed by atoms with Gasteiger partial charge >= 0.3 is 5.97 Å². The highest BCUT2D eigenvalue weighted by Crippen LogP contribution is 2.21. The van der Waals surface area contributed by atoms with Crippen LogP contribution in [0.4, 0.5) is 0 Å². The van der Waals surface area contributed by atoms with Gasteiger partial charge in [-0.2, -0.15) is 0 Å². The molecule has 0 aliphatic carbocycles. The van der Waals surface area contributed by atoms with Crippen molar-refractivity contribution in [2.45, 2.75) is 6.42 Å². The van der Waals surface area contributed by atoms with Crippen LogP contribution >= 0.6 is 22.9 Å². The molecule has 0 saturated heterocycles. The first kappa shape index (κ1) is 11.5. The molecule has 0 unspecified atom stereocenters. The molecule has 0 bridgehead atoms. The molecule has 0 radical (unpaired) electrons. The van der Waals surface area contributed by atoms with Crippen molar-refractivity contribution in [2.75, 3.05) is 20.2 Å². The molecule has 1 N–H and O–H groups in total. The van der Waals surface area contributed by atoms with Crippen molar-refractivity contribution in [3.63, 3.8) is 0 Å². The molecular formula is C9H12ClNO2S. The van der Waals surface area contributed by atoms with Gasteiger partial charge in [-0.25, -0.2) is 0 Å². The third-order valence-corrected chi connectivity index (χ3v) is 2.85. The van der Waals surface area contributed by atoms with Crippen LogP contribution in [0, 0.1) is 0 Å². The van der Waals surface area contributed by atoms with Crippen molar-refractivity contribution >= 4 is 28.9 Å². The van der Waals surface area contributed by atoms with Gasteiger partial charge in [0.05, 0.1) is 17.5 Å². The fourth-order valence-corrected chi connectivity index (χ4v) is 2.02. The van der Waals surface area contributed by atoms with Gasteiger partial charge in [-0.1, -0.05) is 11.6 Å². The Morgan fingerprint density at radius 2 is 2.43 bits per heavy atom. The van der Waals surface area contributed by atoms with Crippen LogP contribution in [-0.2, 0) is 16.0 Å². The maximum atomic E-state index is 10.9. The molecule has 1 heterocycles. The van der Waals surface area contributed by atoms with Gasteiger partial charge in [-0.3, -0.25) is 4.79 Å². The van der Waals surface area contributed by atoms with Gasteiger partial charge in [0.25, 0.3) is 0 Å². The van der Waals surface area contributed by atoms with E-state index in [4.69, 9.17) is 16.3 Å². The van der Waals surface area contributed by atoms with Crippen molar-refractivity contribution in [3.05, 3.63) is 21.3 Å². The molecule has 0 amide bonds. The smallest absolute Gasteiger partial charge is 0.319 e. The monoisotopic (exact) mass is 233 g/mol. The van der Waals surface area contributed by atoms with E-state index in [1.54, 1.807) is 7.05 Å². The normalized spacial score (nSPS) is 10.1. The molecule has 0 aliphatic heterocycles. The highest BCUT2D eigenvalue weighted by Gasteiger charge is 2.02. The number of thiophene rings is 1. The van der Waals surface area contributed by atoms with Crippen molar-refractivity contribution in [1.82, 2.24) is 5.32 Å². The van der Waals surface area contributed by atoms with Crippen molar-refractivity contribution in [1.29, 1.82) is 0 Å². The van der Waals surface area contributed by atoms with Crippen molar-refractivity contribution in [2.24, 2.45) is 0 Å². The minimum atomic E-state index is -0.227. The molecule has 0 aliphatic rings. The molecule has 1 rings (SSSR count). The first-order chi connectivity index (χ1) is 6.72. The maximum absolute atomic E-state index is 10.9. The van der Waals surface area contributed by atoms with E-state index in [2.05, 4.69) is 5.32 Å². The van der Waals surface area contributed by atoms with Gasteiger partial charge in [0.1, 0.15) is 0 Å². The largest absolute Gasteiger partial charge is 0.464 e. The minimum Gasteiger partial charge on any atom is -0.464 e. The zero-order valence-electron chi connectivity index (χ0n) is 7.88. The zero-order chi connectivity index (χ0) is 10.4. The molecule has 1 aromatic heterocycles. The van der Waals surface area contributed by atoms with Crippen LogP contribution < -0.4 is 5.32 Å². The van der Waals surface area contributed by atoms with Gasteiger partial charge < -0.3 is 10.1 Å². The maximum Gasteiger partial charge on any atom is 0.319 e. The number of rotatable bonds is 5. The predicted molar refractivity (Wildman–Crippen MR) is 57.9 cm³/mol. The molecule has 0 spiro atoms. The van der Waals surface area contributed by atoms with Crippen LogP contribution in [0.1, 0.15) is 4.88 Å². The van der Waals surface area contributed by atoms with E-state index < -0.39 is 0 Å². The van der Waals surface area contributed by atoms with E-state index in [0.717, 1.165) is 15.6 Å². The van der Waals surface area contributed by atoms with E-state index in [9.17, 15) is 4.79 Å². The lowest BCUT2D eigenvalue weighted by Crippen LogP contribution is -2.21. The number of halogens is 1.